The van der Waals surface area contributed by atoms with Crippen LogP contribution in [-0.2, 0) is 11.2 Å². The van der Waals surface area contributed by atoms with E-state index >= 15 is 0 Å². The number of primary amides is 1. The lowest BCUT2D eigenvalue weighted by Crippen LogP contribution is -2.31. The third kappa shape index (κ3) is 5.09. The molecule has 3 aromatic rings. The van der Waals surface area contributed by atoms with Crippen LogP contribution in [0.1, 0.15) is 38.3 Å². The molecule has 0 saturated heterocycles. The van der Waals surface area contributed by atoms with Gasteiger partial charge in [-0.1, -0.05) is 18.2 Å². The second-order valence-electron chi connectivity index (χ2n) is 8.11. The molecule has 0 radical (unpaired) electrons. The van der Waals surface area contributed by atoms with Crippen molar-refractivity contribution < 1.29 is 14.4 Å². The Labute approximate surface area is 202 Å². The van der Waals surface area contributed by atoms with Crippen molar-refractivity contribution in [2.45, 2.75) is 12.8 Å². The first-order chi connectivity index (χ1) is 16.9. The van der Waals surface area contributed by atoms with Gasteiger partial charge in [-0.05, 0) is 60.2 Å². The second-order valence-corrected chi connectivity index (χ2v) is 8.11. The van der Waals surface area contributed by atoms with Crippen molar-refractivity contribution >= 4 is 34.9 Å². The fourth-order valence-corrected chi connectivity index (χ4v) is 3.92. The van der Waals surface area contributed by atoms with Gasteiger partial charge in [0.15, 0.2) is 0 Å². The van der Waals surface area contributed by atoms with Crippen molar-refractivity contribution in [1.29, 1.82) is 5.26 Å². The summed E-state index contributed by atoms with van der Waals surface area (Å²) in [6, 6.07) is 22.8. The Kier molecular flexibility index (Phi) is 6.69. The average Bonchev–Trinajstić information content (AvgIpc) is 3.22. The van der Waals surface area contributed by atoms with E-state index in [-0.39, 0.29) is 18.9 Å². The van der Waals surface area contributed by atoms with E-state index in [4.69, 9.17) is 11.0 Å². The van der Waals surface area contributed by atoms with E-state index in [2.05, 4.69) is 4.99 Å². The smallest absolute Gasteiger partial charge is 0.278 e. The summed E-state index contributed by atoms with van der Waals surface area (Å²) < 4.78 is 0. The van der Waals surface area contributed by atoms with Crippen LogP contribution in [0.4, 0.5) is 11.4 Å². The summed E-state index contributed by atoms with van der Waals surface area (Å²) >= 11 is 0. The van der Waals surface area contributed by atoms with Crippen LogP contribution in [0.3, 0.4) is 0 Å². The third-order valence-electron chi connectivity index (χ3n) is 5.80. The molecule has 0 aromatic heterocycles. The van der Waals surface area contributed by atoms with Gasteiger partial charge in [0.1, 0.15) is 5.84 Å². The van der Waals surface area contributed by atoms with E-state index in [0.717, 1.165) is 11.3 Å². The molecule has 1 aliphatic heterocycles. The maximum absolute atomic E-state index is 12.9. The maximum atomic E-state index is 12.9. The van der Waals surface area contributed by atoms with Crippen molar-refractivity contribution in [2.75, 3.05) is 23.4 Å². The molecule has 3 amide bonds. The molecule has 0 aliphatic carbocycles. The van der Waals surface area contributed by atoms with E-state index in [9.17, 15) is 14.4 Å². The molecule has 0 bridgehead atoms. The average molecular weight is 466 g/mol. The van der Waals surface area contributed by atoms with Crippen molar-refractivity contribution in [3.63, 3.8) is 0 Å². The number of fused-ring (bicyclic) bond motifs is 1. The molecule has 35 heavy (non-hydrogen) atoms. The zero-order valence-corrected chi connectivity index (χ0v) is 19.1. The fraction of sp³-hybridized carbons (Fsp3) is 0.148. The van der Waals surface area contributed by atoms with Gasteiger partial charge in [0.2, 0.25) is 5.91 Å². The molecule has 4 rings (SSSR count). The molecule has 0 spiro atoms. The number of rotatable bonds is 6. The van der Waals surface area contributed by atoms with Crippen LogP contribution in [0.25, 0.3) is 0 Å². The van der Waals surface area contributed by atoms with Gasteiger partial charge in [0.05, 0.1) is 11.6 Å². The number of carbonyl (C=O) groups excluding carboxylic acids is 3. The summed E-state index contributed by atoms with van der Waals surface area (Å²) in [5, 5.41) is 8.96. The highest BCUT2D eigenvalue weighted by Crippen LogP contribution is 2.33. The molecule has 1 heterocycles. The summed E-state index contributed by atoms with van der Waals surface area (Å²) in [4.78, 5) is 44.8. The van der Waals surface area contributed by atoms with Crippen molar-refractivity contribution in [2.24, 2.45) is 10.7 Å². The van der Waals surface area contributed by atoms with Crippen LogP contribution >= 0.6 is 0 Å². The number of amidine groups is 1. The quantitative estimate of drug-likeness (QED) is 0.599. The number of nitriles is 1. The monoisotopic (exact) mass is 465 g/mol. The zero-order valence-electron chi connectivity index (χ0n) is 19.1. The Hall–Kier alpha value is -4.77. The first-order valence-corrected chi connectivity index (χ1v) is 11.0. The summed E-state index contributed by atoms with van der Waals surface area (Å²) in [7, 11) is 1.71. The van der Waals surface area contributed by atoms with Crippen molar-refractivity contribution in [3.05, 3.63) is 95.1 Å². The Balaban J connectivity index is 1.63. The maximum Gasteiger partial charge on any atom is 0.278 e. The van der Waals surface area contributed by atoms with Crippen molar-refractivity contribution in [3.8, 4) is 6.07 Å². The molecule has 3 aromatic carbocycles. The highest BCUT2D eigenvalue weighted by Gasteiger charge is 2.28. The summed E-state index contributed by atoms with van der Waals surface area (Å²) in [6.07, 6.45) is 0.453. The minimum atomic E-state index is -0.457. The lowest BCUT2D eigenvalue weighted by atomic mass is 10.1. The number of benzene rings is 3. The standard InChI is InChI=1S/C27H23N5O3/c1-31(27(35)20-5-3-2-4-6-20)22-11-12-23-21(15-22)16-25(32(23)14-13-24(29)33)30-26(34)19-9-7-18(17-28)8-10-19/h2-12,15H,13-14,16H2,1H3,(H2,29,33). The lowest BCUT2D eigenvalue weighted by Gasteiger charge is -2.21. The molecular formula is C27H23N5O3. The van der Waals surface area contributed by atoms with Gasteiger partial charge in [0, 0.05) is 48.9 Å². The van der Waals surface area contributed by atoms with Crippen LogP contribution in [0.5, 0.6) is 0 Å². The second kappa shape index (κ2) is 10.0. The van der Waals surface area contributed by atoms with E-state index in [1.54, 1.807) is 48.3 Å². The number of hydrogen-bond donors (Lipinski definition) is 1. The molecule has 0 saturated carbocycles. The predicted octanol–water partition coefficient (Wildman–Crippen LogP) is 3.31. The molecule has 8 heteroatoms. The Morgan fingerprint density at radius 2 is 1.74 bits per heavy atom. The van der Waals surface area contributed by atoms with Gasteiger partial charge >= 0.3 is 0 Å². The van der Waals surface area contributed by atoms with E-state index in [1.165, 1.54) is 0 Å². The third-order valence-corrected chi connectivity index (χ3v) is 5.80. The van der Waals surface area contributed by atoms with Gasteiger partial charge in [-0.15, -0.1) is 0 Å². The number of nitrogens with zero attached hydrogens (tertiary/aromatic N) is 4. The SMILES string of the molecule is CN(C(=O)c1ccccc1)c1ccc2c(c1)CC(=NC(=O)c1ccc(C#N)cc1)N2CCC(N)=O. The van der Waals surface area contributed by atoms with E-state index in [1.807, 2.05) is 47.4 Å². The highest BCUT2D eigenvalue weighted by atomic mass is 16.2. The van der Waals surface area contributed by atoms with Gasteiger partial charge in [-0.25, -0.2) is 0 Å². The summed E-state index contributed by atoms with van der Waals surface area (Å²) in [6.45, 7) is 0.278. The van der Waals surface area contributed by atoms with E-state index in [0.29, 0.717) is 34.6 Å². The first-order valence-electron chi connectivity index (χ1n) is 11.0. The topological polar surface area (TPSA) is 120 Å². The molecule has 174 valence electrons. The number of amides is 3. The lowest BCUT2D eigenvalue weighted by molar-refractivity contribution is -0.117. The fourth-order valence-electron chi connectivity index (χ4n) is 3.92. The summed E-state index contributed by atoms with van der Waals surface area (Å²) in [5.41, 5.74) is 9.14. The van der Waals surface area contributed by atoms with Gasteiger partial charge in [-0.2, -0.15) is 10.3 Å². The molecule has 0 unspecified atom stereocenters. The zero-order chi connectivity index (χ0) is 24.9. The van der Waals surface area contributed by atoms with Gasteiger partial charge in [0.25, 0.3) is 11.8 Å². The number of hydrogen-bond acceptors (Lipinski definition) is 4. The van der Waals surface area contributed by atoms with Gasteiger partial charge < -0.3 is 15.5 Å². The van der Waals surface area contributed by atoms with Crippen molar-refractivity contribution in [1.82, 2.24) is 0 Å². The largest absolute Gasteiger partial charge is 0.370 e. The van der Waals surface area contributed by atoms with Crippen LogP contribution in [0.2, 0.25) is 0 Å². The number of carbonyl (C=O) groups is 3. The predicted molar refractivity (Wildman–Crippen MR) is 133 cm³/mol. The number of nitrogens with two attached hydrogens (primary N) is 1. The Bertz CT molecular complexity index is 1360. The van der Waals surface area contributed by atoms with Crippen LogP contribution < -0.4 is 15.5 Å². The molecule has 0 atom stereocenters. The Morgan fingerprint density at radius 3 is 2.40 bits per heavy atom. The number of anilines is 2. The summed E-state index contributed by atoms with van der Waals surface area (Å²) in [5.74, 6) is -0.553. The van der Waals surface area contributed by atoms with Crippen LogP contribution in [0.15, 0.2) is 77.8 Å². The normalized spacial score (nSPS) is 13.3. The minimum absolute atomic E-state index is 0.0949. The Morgan fingerprint density at radius 1 is 1.03 bits per heavy atom. The highest BCUT2D eigenvalue weighted by molar-refractivity contribution is 6.13. The first kappa shape index (κ1) is 23.4. The van der Waals surface area contributed by atoms with Crippen LogP contribution in [0, 0.1) is 11.3 Å². The number of aliphatic imine (C=N–C) groups is 1. The molecule has 0 fully saturated rings. The van der Waals surface area contributed by atoms with Crippen LogP contribution in [-0.4, -0.2) is 37.1 Å². The molecule has 8 nitrogen and oxygen atoms in total. The minimum Gasteiger partial charge on any atom is -0.370 e. The molecule has 2 N–H and O–H groups in total. The van der Waals surface area contributed by atoms with E-state index < -0.39 is 11.8 Å². The molecule has 1 aliphatic rings. The molecular weight excluding hydrogens is 442 g/mol. The van der Waals surface area contributed by atoms with Gasteiger partial charge in [-0.3, -0.25) is 14.4 Å².